The molecule has 0 aliphatic carbocycles. The monoisotopic (exact) mass is 394 g/mol. The topological polar surface area (TPSA) is 46.2 Å². The second kappa shape index (κ2) is 9.01. The van der Waals surface area contributed by atoms with Gasteiger partial charge in [-0.1, -0.05) is 17.5 Å². The van der Waals surface area contributed by atoms with Crippen molar-refractivity contribution in [1.82, 2.24) is 0 Å². The van der Waals surface area contributed by atoms with E-state index in [-0.39, 0.29) is 0 Å². The third kappa shape index (κ3) is 8.70. The van der Waals surface area contributed by atoms with Crippen molar-refractivity contribution in [3.63, 3.8) is 0 Å². The van der Waals surface area contributed by atoms with Crippen LogP contribution < -0.4 is 0 Å². The van der Waals surface area contributed by atoms with Gasteiger partial charge in [0.05, 0.1) is 0 Å². The Kier molecular flexibility index (Phi) is 9.07. The van der Waals surface area contributed by atoms with Crippen LogP contribution in [-0.2, 0) is 21.5 Å². The van der Waals surface area contributed by atoms with E-state index in [1.165, 1.54) is 0 Å². The van der Waals surface area contributed by atoms with E-state index in [9.17, 15) is 0 Å². The number of rotatable bonds is 10. The van der Waals surface area contributed by atoms with E-state index in [4.69, 9.17) is 21.5 Å². The van der Waals surface area contributed by atoms with Crippen LogP contribution in [0.3, 0.4) is 0 Å². The first-order valence-electron chi connectivity index (χ1n) is 7.76. The molecule has 0 fully saturated rings. The van der Waals surface area contributed by atoms with Gasteiger partial charge in [0.15, 0.2) is 16.6 Å². The van der Waals surface area contributed by atoms with Crippen molar-refractivity contribution >= 4 is 34.0 Å². The minimum absolute atomic E-state index is 1.60. The molecule has 0 radical (unpaired) electrons. The van der Waals surface area contributed by atoms with Gasteiger partial charge in [-0.25, -0.2) is 0 Å². The molecule has 0 amide bonds. The Morgan fingerprint density at radius 2 is 1.00 bits per heavy atom. The number of allylic oxidation sites excluding steroid dienone is 1. The molecule has 23 heavy (non-hydrogen) atoms. The van der Waals surface area contributed by atoms with Crippen molar-refractivity contribution in [2.45, 2.75) is 46.2 Å². The molecule has 0 aliphatic heterocycles. The molecule has 5 nitrogen and oxygen atoms in total. The summed E-state index contributed by atoms with van der Waals surface area (Å²) in [6.07, 6.45) is 2.06. The largest absolute Gasteiger partial charge is 0.528 e. The Labute approximate surface area is 146 Å². The zero-order valence-corrected chi connectivity index (χ0v) is 20.4. The molecule has 0 spiro atoms. The summed E-state index contributed by atoms with van der Waals surface area (Å²) in [5.41, 5.74) is 6.18. The Balaban J connectivity index is 5.09. The SMILES string of the molecule is CC=C[Si](C)(C)O[Si](C)(C)O[Si](C)(C)C=C[Si](OC)(OC)OC. The smallest absolute Gasteiger partial charge is 0.433 e. The third-order valence-electron chi connectivity index (χ3n) is 3.13. The first-order valence-corrected chi connectivity index (χ1v) is 18.4. The Morgan fingerprint density at radius 3 is 1.35 bits per heavy atom. The summed E-state index contributed by atoms with van der Waals surface area (Å²) >= 11 is 0. The zero-order chi connectivity index (χ0) is 18.4. The second-order valence-electron chi connectivity index (χ2n) is 6.86. The maximum Gasteiger partial charge on any atom is 0.528 e. The fourth-order valence-corrected chi connectivity index (χ4v) is 17.9. The molecule has 0 atom stereocenters. The van der Waals surface area contributed by atoms with E-state index in [2.05, 4.69) is 56.8 Å². The molecular weight excluding hydrogens is 360 g/mol. The van der Waals surface area contributed by atoms with E-state index in [1.807, 2.05) is 12.6 Å². The van der Waals surface area contributed by atoms with Crippen molar-refractivity contribution < 1.29 is 21.5 Å². The van der Waals surface area contributed by atoms with E-state index in [1.54, 1.807) is 21.3 Å². The molecule has 0 bridgehead atoms. The fourth-order valence-electron chi connectivity index (χ4n) is 2.51. The van der Waals surface area contributed by atoms with E-state index >= 15 is 0 Å². The van der Waals surface area contributed by atoms with Crippen LogP contribution in [0.4, 0.5) is 0 Å². The van der Waals surface area contributed by atoms with Crippen LogP contribution in [0.1, 0.15) is 6.92 Å². The second-order valence-corrected chi connectivity index (χ2v) is 21.1. The molecule has 0 aromatic rings. The highest BCUT2D eigenvalue weighted by Crippen LogP contribution is 2.22. The van der Waals surface area contributed by atoms with Crippen LogP contribution in [0.5, 0.6) is 0 Å². The van der Waals surface area contributed by atoms with Crippen LogP contribution in [0.2, 0.25) is 39.3 Å². The summed E-state index contributed by atoms with van der Waals surface area (Å²) in [5.74, 6) is 0. The standard InChI is InChI=1S/C14H34O5Si4/c1-11-12-20(5,6)18-22(9,10)19-21(7,8)13-14-23(15-2,16-3)17-4/h11-14H,1-10H3. The van der Waals surface area contributed by atoms with Crippen molar-refractivity contribution in [1.29, 1.82) is 0 Å². The van der Waals surface area contributed by atoms with Gasteiger partial charge in [-0.3, -0.25) is 0 Å². The quantitative estimate of drug-likeness (QED) is 0.528. The molecule has 0 saturated heterocycles. The third-order valence-corrected chi connectivity index (χ3v) is 16.0. The summed E-state index contributed by atoms with van der Waals surface area (Å²) in [5, 5.41) is 0. The van der Waals surface area contributed by atoms with Gasteiger partial charge < -0.3 is 21.5 Å². The highest BCUT2D eigenvalue weighted by atomic mass is 28.5. The zero-order valence-electron chi connectivity index (χ0n) is 16.4. The predicted octanol–water partition coefficient (Wildman–Crippen LogP) is 3.76. The van der Waals surface area contributed by atoms with Crippen LogP contribution in [0, 0.1) is 0 Å². The summed E-state index contributed by atoms with van der Waals surface area (Å²) in [6.45, 7) is 14.9. The average molecular weight is 395 g/mol. The lowest BCUT2D eigenvalue weighted by atomic mass is 10.8. The van der Waals surface area contributed by atoms with Crippen LogP contribution >= 0.6 is 0 Å². The molecule has 136 valence electrons. The molecule has 0 aromatic heterocycles. The molecule has 0 heterocycles. The summed E-state index contributed by atoms with van der Waals surface area (Å²) in [6, 6.07) is 0. The highest BCUT2D eigenvalue weighted by molar-refractivity contribution is 6.91. The van der Waals surface area contributed by atoms with E-state index < -0.39 is 34.0 Å². The predicted molar refractivity (Wildman–Crippen MR) is 105 cm³/mol. The van der Waals surface area contributed by atoms with Gasteiger partial charge in [0.1, 0.15) is 0 Å². The summed E-state index contributed by atoms with van der Waals surface area (Å²) in [4.78, 5) is 0. The van der Waals surface area contributed by atoms with Gasteiger partial charge in [0.2, 0.25) is 0 Å². The van der Waals surface area contributed by atoms with Gasteiger partial charge >= 0.3 is 17.4 Å². The van der Waals surface area contributed by atoms with Crippen molar-refractivity contribution in [3.8, 4) is 0 Å². The molecule has 9 heteroatoms. The van der Waals surface area contributed by atoms with Gasteiger partial charge in [-0.05, 0) is 51.9 Å². The maximum atomic E-state index is 6.46. The van der Waals surface area contributed by atoms with Gasteiger partial charge in [0, 0.05) is 21.3 Å². The van der Waals surface area contributed by atoms with Crippen molar-refractivity contribution in [2.24, 2.45) is 0 Å². The van der Waals surface area contributed by atoms with E-state index in [0.29, 0.717) is 0 Å². The lowest BCUT2D eigenvalue weighted by Gasteiger charge is -2.36. The molecule has 0 saturated carbocycles. The lowest BCUT2D eigenvalue weighted by Crippen LogP contribution is -2.52. The van der Waals surface area contributed by atoms with Gasteiger partial charge in [-0.15, -0.1) is 0 Å². The van der Waals surface area contributed by atoms with Crippen LogP contribution in [-0.4, -0.2) is 55.3 Å². The Bertz CT molecular complexity index is 409. The minimum Gasteiger partial charge on any atom is -0.433 e. The van der Waals surface area contributed by atoms with Crippen LogP contribution in [0.25, 0.3) is 0 Å². The van der Waals surface area contributed by atoms with Crippen LogP contribution in [0.15, 0.2) is 23.2 Å². The molecule has 0 N–H and O–H groups in total. The average Bonchev–Trinajstić information content (AvgIpc) is 2.38. The molecule has 0 aromatic carbocycles. The minimum atomic E-state index is -2.72. The maximum absolute atomic E-state index is 6.46. The normalized spacial score (nSPS) is 15.0. The first-order chi connectivity index (χ1) is 10.4. The summed E-state index contributed by atoms with van der Waals surface area (Å²) < 4.78 is 29.1. The fraction of sp³-hybridized carbons (Fsp3) is 0.714. The first kappa shape index (κ1) is 23.1. The molecule has 0 aliphatic rings. The van der Waals surface area contributed by atoms with Crippen molar-refractivity contribution in [2.75, 3.05) is 21.3 Å². The van der Waals surface area contributed by atoms with Crippen molar-refractivity contribution in [3.05, 3.63) is 23.2 Å². The number of hydrogen-bond donors (Lipinski definition) is 0. The highest BCUT2D eigenvalue weighted by Gasteiger charge is 2.40. The van der Waals surface area contributed by atoms with Gasteiger partial charge in [-0.2, -0.15) is 0 Å². The Morgan fingerprint density at radius 1 is 0.609 bits per heavy atom. The molecular formula is C14H34O5Si4. The molecule has 0 unspecified atom stereocenters. The summed E-state index contributed by atoms with van der Waals surface area (Å²) in [7, 11) is -4.03. The van der Waals surface area contributed by atoms with Gasteiger partial charge in [0.25, 0.3) is 0 Å². The number of hydrogen-bond acceptors (Lipinski definition) is 5. The molecule has 0 rings (SSSR count). The Hall–Kier alpha value is 0.148. The lowest BCUT2D eigenvalue weighted by molar-refractivity contribution is 0.138. The van der Waals surface area contributed by atoms with E-state index in [0.717, 1.165) is 0 Å².